The summed E-state index contributed by atoms with van der Waals surface area (Å²) < 4.78 is 51.9. The molecule has 1 aromatic carbocycles. The molecule has 2 N–H and O–H groups in total. The number of hydrogen-bond acceptors (Lipinski definition) is 3. The van der Waals surface area contributed by atoms with Crippen molar-refractivity contribution in [1.29, 1.82) is 0 Å². The molecule has 0 radical (unpaired) electrons. The van der Waals surface area contributed by atoms with Crippen molar-refractivity contribution in [3.05, 3.63) is 34.6 Å². The van der Waals surface area contributed by atoms with E-state index in [0.717, 1.165) is 6.92 Å². The molecule has 2 atom stereocenters. The Hall–Kier alpha value is -1.38. The van der Waals surface area contributed by atoms with Gasteiger partial charge >= 0.3 is 6.18 Å². The summed E-state index contributed by atoms with van der Waals surface area (Å²) in [6, 6.07) is 2.54. The van der Waals surface area contributed by atoms with Crippen molar-refractivity contribution in [2.75, 3.05) is 32.7 Å². The molecule has 0 aliphatic carbocycles. The Kier molecular flexibility index (Phi) is 6.29. The zero-order valence-corrected chi connectivity index (χ0v) is 14.4. The Morgan fingerprint density at radius 1 is 1.28 bits per heavy atom. The van der Waals surface area contributed by atoms with E-state index < -0.39 is 29.9 Å². The number of primary amides is 1. The fourth-order valence-corrected chi connectivity index (χ4v) is 3.00. The summed E-state index contributed by atoms with van der Waals surface area (Å²) in [5.41, 5.74) is 5.83. The molecule has 1 unspecified atom stereocenters. The summed E-state index contributed by atoms with van der Waals surface area (Å²) in [5.74, 6) is -2.01. The molecule has 0 spiro atoms. The van der Waals surface area contributed by atoms with Crippen molar-refractivity contribution < 1.29 is 22.4 Å². The van der Waals surface area contributed by atoms with Crippen molar-refractivity contribution in [2.45, 2.75) is 25.1 Å². The minimum atomic E-state index is -4.27. The predicted molar refractivity (Wildman–Crippen MR) is 86.9 cm³/mol. The van der Waals surface area contributed by atoms with Crippen LogP contribution in [-0.2, 0) is 4.79 Å². The lowest BCUT2D eigenvalue weighted by Gasteiger charge is -2.39. The summed E-state index contributed by atoms with van der Waals surface area (Å²) in [6.07, 6.45) is -4.27. The van der Waals surface area contributed by atoms with Crippen molar-refractivity contribution in [3.8, 4) is 0 Å². The van der Waals surface area contributed by atoms with E-state index in [-0.39, 0.29) is 24.7 Å². The van der Waals surface area contributed by atoms with Gasteiger partial charge in [0, 0.05) is 32.7 Å². The first-order valence-electron chi connectivity index (χ1n) is 7.87. The Bertz CT molecular complexity index is 618. The average molecular weight is 382 g/mol. The lowest BCUT2D eigenvalue weighted by molar-refractivity contribution is -0.182. The fourth-order valence-electron chi connectivity index (χ4n) is 2.89. The molecule has 2 rings (SSSR count). The second-order valence-electron chi connectivity index (χ2n) is 6.18. The van der Waals surface area contributed by atoms with Crippen LogP contribution >= 0.6 is 11.6 Å². The average Bonchev–Trinajstić information content (AvgIpc) is 2.54. The van der Waals surface area contributed by atoms with E-state index in [1.165, 1.54) is 23.1 Å². The van der Waals surface area contributed by atoms with E-state index in [9.17, 15) is 22.4 Å². The van der Waals surface area contributed by atoms with Gasteiger partial charge in [0.2, 0.25) is 5.91 Å². The molecular formula is C16H20ClF4N3O. The zero-order valence-electron chi connectivity index (χ0n) is 13.7. The van der Waals surface area contributed by atoms with Crippen molar-refractivity contribution >= 4 is 17.5 Å². The highest BCUT2D eigenvalue weighted by atomic mass is 35.5. The lowest BCUT2D eigenvalue weighted by atomic mass is 9.97. The van der Waals surface area contributed by atoms with Crippen molar-refractivity contribution in [1.82, 2.24) is 9.80 Å². The van der Waals surface area contributed by atoms with E-state index in [1.807, 2.05) is 4.90 Å². The van der Waals surface area contributed by atoms with Crippen molar-refractivity contribution in [3.63, 3.8) is 0 Å². The summed E-state index contributed by atoms with van der Waals surface area (Å²) in [4.78, 5) is 15.0. The van der Waals surface area contributed by atoms with Crippen LogP contribution in [-0.4, -0.2) is 60.6 Å². The molecule has 0 saturated carbocycles. The van der Waals surface area contributed by atoms with Gasteiger partial charge in [-0.25, -0.2) is 4.39 Å². The van der Waals surface area contributed by atoms with Crippen LogP contribution in [0.25, 0.3) is 0 Å². The molecule has 9 heteroatoms. The topological polar surface area (TPSA) is 49.6 Å². The third-order valence-electron chi connectivity index (χ3n) is 4.56. The normalized spacial score (nSPS) is 19.6. The van der Waals surface area contributed by atoms with Crippen LogP contribution in [0.1, 0.15) is 18.4 Å². The molecule has 25 heavy (non-hydrogen) atoms. The second kappa shape index (κ2) is 7.88. The van der Waals surface area contributed by atoms with Crippen LogP contribution in [0.5, 0.6) is 0 Å². The van der Waals surface area contributed by atoms with Crippen LogP contribution in [0.4, 0.5) is 17.6 Å². The SMILES string of the molecule is CC(N1CCN(C[C@@H](C(N)=O)c2ccc(Cl)c(F)c2)CC1)C(F)(F)F. The molecule has 1 amide bonds. The molecule has 140 valence electrons. The largest absolute Gasteiger partial charge is 0.403 e. The van der Waals surface area contributed by atoms with Crippen LogP contribution in [0.3, 0.4) is 0 Å². The summed E-state index contributed by atoms with van der Waals surface area (Å²) in [5, 5.41) is -0.0540. The van der Waals surface area contributed by atoms with Gasteiger partial charge in [-0.2, -0.15) is 13.2 Å². The second-order valence-corrected chi connectivity index (χ2v) is 6.59. The number of hydrogen-bond donors (Lipinski definition) is 1. The van der Waals surface area contributed by atoms with Gasteiger partial charge < -0.3 is 5.73 Å². The highest BCUT2D eigenvalue weighted by Crippen LogP contribution is 2.26. The first kappa shape index (κ1) is 19.9. The standard InChI is InChI=1S/C16H20ClF4N3O/c1-10(16(19,20)21)24-6-4-23(5-7-24)9-12(15(22)25)11-2-3-13(17)14(18)8-11/h2-3,8,10,12H,4-7,9H2,1H3,(H2,22,25)/t10?,12-/m1/s1. The Morgan fingerprint density at radius 2 is 1.88 bits per heavy atom. The number of halogens is 5. The van der Waals surface area contributed by atoms with Gasteiger partial charge in [0.1, 0.15) is 11.9 Å². The first-order valence-corrected chi connectivity index (χ1v) is 8.24. The summed E-state index contributed by atoms with van der Waals surface area (Å²) in [6.45, 7) is 2.59. The maximum atomic E-state index is 13.6. The van der Waals surface area contributed by atoms with Gasteiger partial charge in [0.05, 0.1) is 10.9 Å². The maximum Gasteiger partial charge on any atom is 0.403 e. The molecule has 0 bridgehead atoms. The molecule has 0 aromatic heterocycles. The van der Waals surface area contributed by atoms with Gasteiger partial charge in [-0.1, -0.05) is 17.7 Å². The van der Waals surface area contributed by atoms with Crippen LogP contribution < -0.4 is 5.73 Å². The smallest absolute Gasteiger partial charge is 0.369 e. The molecule has 1 saturated heterocycles. The Labute approximate surface area is 148 Å². The lowest BCUT2D eigenvalue weighted by Crippen LogP contribution is -2.54. The van der Waals surface area contributed by atoms with E-state index in [1.54, 1.807) is 0 Å². The number of nitrogens with zero attached hydrogens (tertiary/aromatic N) is 2. The monoisotopic (exact) mass is 381 g/mol. The number of carbonyl (C=O) groups excluding carboxylic acids is 1. The van der Waals surface area contributed by atoms with Crippen LogP contribution in [0.2, 0.25) is 5.02 Å². The van der Waals surface area contributed by atoms with Gasteiger partial charge in [-0.3, -0.25) is 14.6 Å². The number of benzene rings is 1. The van der Waals surface area contributed by atoms with Gasteiger partial charge in [-0.05, 0) is 24.6 Å². The predicted octanol–water partition coefficient (Wildman–Crippen LogP) is 2.62. The third kappa shape index (κ3) is 5.05. The summed E-state index contributed by atoms with van der Waals surface area (Å²) in [7, 11) is 0. The quantitative estimate of drug-likeness (QED) is 0.798. The maximum absolute atomic E-state index is 13.6. The number of alkyl halides is 3. The van der Waals surface area contributed by atoms with Gasteiger partial charge in [-0.15, -0.1) is 0 Å². The number of carbonyl (C=O) groups is 1. The molecule has 1 aromatic rings. The van der Waals surface area contributed by atoms with E-state index in [4.69, 9.17) is 17.3 Å². The van der Waals surface area contributed by atoms with Gasteiger partial charge in [0.25, 0.3) is 0 Å². The number of rotatable bonds is 5. The Balaban J connectivity index is 2.00. The number of piperazine rings is 1. The molecule has 1 aliphatic heterocycles. The minimum absolute atomic E-state index is 0.0540. The Morgan fingerprint density at radius 3 is 2.36 bits per heavy atom. The van der Waals surface area contributed by atoms with Crippen LogP contribution in [0, 0.1) is 5.82 Å². The molecule has 1 heterocycles. The highest BCUT2D eigenvalue weighted by Gasteiger charge is 2.41. The minimum Gasteiger partial charge on any atom is -0.369 e. The molecule has 1 aliphatic rings. The third-order valence-corrected chi connectivity index (χ3v) is 4.87. The summed E-state index contributed by atoms with van der Waals surface area (Å²) >= 11 is 5.64. The van der Waals surface area contributed by atoms with Crippen LogP contribution in [0.15, 0.2) is 18.2 Å². The molecule has 4 nitrogen and oxygen atoms in total. The highest BCUT2D eigenvalue weighted by molar-refractivity contribution is 6.30. The molecule has 1 fully saturated rings. The number of amides is 1. The van der Waals surface area contributed by atoms with Gasteiger partial charge in [0.15, 0.2) is 0 Å². The zero-order chi connectivity index (χ0) is 18.8. The number of nitrogens with two attached hydrogens (primary N) is 1. The van der Waals surface area contributed by atoms with E-state index >= 15 is 0 Å². The fraction of sp³-hybridized carbons (Fsp3) is 0.562. The van der Waals surface area contributed by atoms with E-state index in [0.29, 0.717) is 18.7 Å². The first-order chi connectivity index (χ1) is 11.6. The van der Waals surface area contributed by atoms with E-state index in [2.05, 4.69) is 0 Å². The molecular weight excluding hydrogens is 362 g/mol. The van der Waals surface area contributed by atoms with Crippen molar-refractivity contribution in [2.24, 2.45) is 5.73 Å².